The van der Waals surface area contributed by atoms with Gasteiger partial charge in [-0.3, -0.25) is 9.88 Å². The molecule has 3 heterocycles. The summed E-state index contributed by atoms with van der Waals surface area (Å²) in [7, 11) is 0. The molecule has 2 aromatic heterocycles. The summed E-state index contributed by atoms with van der Waals surface area (Å²) in [6.07, 6.45) is 2.76. The van der Waals surface area contributed by atoms with Crippen molar-refractivity contribution in [3.05, 3.63) is 65.4 Å². The van der Waals surface area contributed by atoms with E-state index in [4.69, 9.17) is 9.26 Å². The molecule has 0 bridgehead atoms. The average Bonchev–Trinajstić information content (AvgIpc) is 3.41. The smallest absolute Gasteiger partial charge is 0.410 e. The summed E-state index contributed by atoms with van der Waals surface area (Å²) in [6.45, 7) is 6.07. The molecule has 0 N–H and O–H groups in total. The molecule has 1 aliphatic heterocycles. The molecular formula is C24H23FN4O3. The highest BCUT2D eigenvalue weighted by Crippen LogP contribution is 2.33. The Morgan fingerprint density at radius 2 is 2.03 bits per heavy atom. The van der Waals surface area contributed by atoms with Gasteiger partial charge in [0, 0.05) is 23.9 Å². The minimum atomic E-state index is -0.576. The fraction of sp³-hybridized carbons (Fsp3) is 0.333. The summed E-state index contributed by atoms with van der Waals surface area (Å²) >= 11 is 0. The normalized spacial score (nSPS) is 15.9. The first-order valence-electron chi connectivity index (χ1n) is 10.4. The third kappa shape index (κ3) is 5.11. The summed E-state index contributed by atoms with van der Waals surface area (Å²) in [4.78, 5) is 22.9. The van der Waals surface area contributed by atoms with Gasteiger partial charge in [-0.15, -0.1) is 0 Å². The lowest BCUT2D eigenvalue weighted by Crippen LogP contribution is -2.36. The van der Waals surface area contributed by atoms with Crippen molar-refractivity contribution in [1.29, 1.82) is 0 Å². The molecule has 164 valence electrons. The van der Waals surface area contributed by atoms with Crippen LogP contribution >= 0.6 is 0 Å². The molecule has 1 fully saturated rings. The van der Waals surface area contributed by atoms with E-state index in [2.05, 4.69) is 27.0 Å². The summed E-state index contributed by atoms with van der Waals surface area (Å²) < 4.78 is 24.2. The Hall–Kier alpha value is -3.73. The Kier molecular flexibility index (Phi) is 5.91. The number of aromatic nitrogens is 3. The number of likely N-dealkylation sites (tertiary alicyclic amines) is 1. The van der Waals surface area contributed by atoms with Crippen LogP contribution in [0.15, 0.2) is 47.1 Å². The fourth-order valence-corrected chi connectivity index (χ4v) is 3.35. The highest BCUT2D eigenvalue weighted by molar-refractivity contribution is 5.69. The number of carbonyl (C=O) groups is 1. The summed E-state index contributed by atoms with van der Waals surface area (Å²) in [5.74, 6) is 6.22. The van der Waals surface area contributed by atoms with Gasteiger partial charge in [-0.05, 0) is 63.9 Å². The van der Waals surface area contributed by atoms with Crippen molar-refractivity contribution in [1.82, 2.24) is 20.0 Å². The maximum absolute atomic E-state index is 13.3. The van der Waals surface area contributed by atoms with Crippen molar-refractivity contribution in [2.45, 2.75) is 45.3 Å². The molecule has 4 rings (SSSR count). The van der Waals surface area contributed by atoms with Crippen LogP contribution in [0.25, 0.3) is 11.5 Å². The van der Waals surface area contributed by atoms with Crippen LogP contribution < -0.4 is 0 Å². The molecule has 1 aliphatic rings. The Bertz CT molecular complexity index is 1170. The second-order valence-electron chi connectivity index (χ2n) is 8.48. The van der Waals surface area contributed by atoms with E-state index in [9.17, 15) is 9.18 Å². The molecule has 1 atom stereocenters. The van der Waals surface area contributed by atoms with Gasteiger partial charge < -0.3 is 9.26 Å². The van der Waals surface area contributed by atoms with E-state index < -0.39 is 5.60 Å². The number of amides is 1. The Morgan fingerprint density at radius 1 is 1.22 bits per heavy atom. The molecule has 0 spiro atoms. The maximum Gasteiger partial charge on any atom is 0.410 e. The van der Waals surface area contributed by atoms with Crippen LogP contribution in [0.1, 0.15) is 56.7 Å². The lowest BCUT2D eigenvalue weighted by atomic mass is 10.2. The largest absolute Gasteiger partial charge is 0.444 e. The SMILES string of the molecule is CC(C)(C)OC(=O)N1CCC[C@@H]1c1nc(-c2ccc(C#Cc3cccc(F)c3)cn2)no1. The van der Waals surface area contributed by atoms with Crippen LogP contribution in [0, 0.1) is 17.7 Å². The number of rotatable bonds is 2. The van der Waals surface area contributed by atoms with Gasteiger partial charge in [0.15, 0.2) is 0 Å². The predicted molar refractivity (Wildman–Crippen MR) is 115 cm³/mol. The summed E-state index contributed by atoms with van der Waals surface area (Å²) in [5.41, 5.74) is 1.21. The van der Waals surface area contributed by atoms with Crippen LogP contribution in [0.5, 0.6) is 0 Å². The standard InChI is InChI=1S/C24H23FN4O3/c1-24(2,3)31-23(30)29-13-5-8-20(29)22-27-21(28-32-22)19-12-11-17(15-26-19)10-9-16-6-4-7-18(25)14-16/h4,6-7,11-12,14-15,20H,5,8,13H2,1-3H3/t20-/m1/s1. The van der Waals surface area contributed by atoms with Gasteiger partial charge in [-0.25, -0.2) is 9.18 Å². The number of ether oxygens (including phenoxy) is 1. The molecule has 7 nitrogen and oxygen atoms in total. The van der Waals surface area contributed by atoms with Gasteiger partial charge in [0.25, 0.3) is 0 Å². The summed E-state index contributed by atoms with van der Waals surface area (Å²) in [6, 6.07) is 9.31. The number of benzene rings is 1. The average molecular weight is 434 g/mol. The lowest BCUT2D eigenvalue weighted by molar-refractivity contribution is 0.0199. The van der Waals surface area contributed by atoms with Crippen molar-refractivity contribution in [2.24, 2.45) is 0 Å². The van der Waals surface area contributed by atoms with E-state index in [1.165, 1.54) is 12.1 Å². The zero-order valence-corrected chi connectivity index (χ0v) is 18.1. The van der Waals surface area contributed by atoms with Crippen LogP contribution in [-0.2, 0) is 4.74 Å². The molecular weight excluding hydrogens is 411 g/mol. The first kappa shape index (κ1) is 21.5. The van der Waals surface area contributed by atoms with Gasteiger partial charge in [-0.1, -0.05) is 23.1 Å². The van der Waals surface area contributed by atoms with E-state index in [0.717, 1.165) is 12.8 Å². The minimum Gasteiger partial charge on any atom is -0.444 e. The van der Waals surface area contributed by atoms with E-state index in [1.807, 2.05) is 20.8 Å². The molecule has 0 saturated carbocycles. The summed E-state index contributed by atoms with van der Waals surface area (Å²) in [5, 5.41) is 4.03. The number of nitrogens with zero attached hydrogens (tertiary/aromatic N) is 4. The predicted octanol–water partition coefficient (Wildman–Crippen LogP) is 4.74. The van der Waals surface area contributed by atoms with Crippen LogP contribution in [0.2, 0.25) is 0 Å². The third-order valence-electron chi connectivity index (χ3n) is 4.78. The van der Waals surface area contributed by atoms with Crippen molar-refractivity contribution in [3.63, 3.8) is 0 Å². The molecule has 3 aromatic rings. The molecule has 1 aromatic carbocycles. The topological polar surface area (TPSA) is 81.4 Å². The molecule has 1 saturated heterocycles. The maximum atomic E-state index is 13.3. The quantitative estimate of drug-likeness (QED) is 0.542. The number of halogens is 1. The number of pyridine rings is 1. The Morgan fingerprint density at radius 3 is 2.75 bits per heavy atom. The van der Waals surface area contributed by atoms with Gasteiger partial charge in [0.2, 0.25) is 11.7 Å². The highest BCUT2D eigenvalue weighted by atomic mass is 19.1. The molecule has 1 amide bonds. The van der Waals surface area contributed by atoms with Crippen molar-refractivity contribution in [3.8, 4) is 23.4 Å². The number of carbonyl (C=O) groups excluding carboxylic acids is 1. The monoisotopic (exact) mass is 434 g/mol. The van der Waals surface area contributed by atoms with Gasteiger partial charge >= 0.3 is 6.09 Å². The zero-order chi connectivity index (χ0) is 22.7. The number of hydrogen-bond donors (Lipinski definition) is 0. The second-order valence-corrected chi connectivity index (χ2v) is 8.48. The van der Waals surface area contributed by atoms with E-state index in [-0.39, 0.29) is 18.0 Å². The molecule has 8 heteroatoms. The highest BCUT2D eigenvalue weighted by Gasteiger charge is 2.36. The van der Waals surface area contributed by atoms with Crippen LogP contribution in [0.4, 0.5) is 9.18 Å². The first-order chi connectivity index (χ1) is 15.3. The Balaban J connectivity index is 1.47. The zero-order valence-electron chi connectivity index (χ0n) is 18.1. The van der Waals surface area contributed by atoms with Gasteiger partial charge in [0.1, 0.15) is 23.2 Å². The third-order valence-corrected chi connectivity index (χ3v) is 4.78. The molecule has 0 unspecified atom stereocenters. The van der Waals surface area contributed by atoms with Gasteiger partial charge in [-0.2, -0.15) is 4.98 Å². The van der Waals surface area contributed by atoms with Crippen molar-refractivity contribution >= 4 is 6.09 Å². The number of hydrogen-bond acceptors (Lipinski definition) is 6. The van der Waals surface area contributed by atoms with Crippen LogP contribution in [-0.4, -0.2) is 38.3 Å². The van der Waals surface area contributed by atoms with E-state index >= 15 is 0 Å². The second kappa shape index (κ2) is 8.79. The molecule has 32 heavy (non-hydrogen) atoms. The van der Waals surface area contributed by atoms with E-state index in [0.29, 0.717) is 35.1 Å². The molecule has 0 aliphatic carbocycles. The van der Waals surface area contributed by atoms with Gasteiger partial charge in [0.05, 0.1) is 0 Å². The van der Waals surface area contributed by atoms with Crippen molar-refractivity contribution in [2.75, 3.05) is 6.54 Å². The first-order valence-corrected chi connectivity index (χ1v) is 10.4. The minimum absolute atomic E-state index is 0.317. The fourth-order valence-electron chi connectivity index (χ4n) is 3.35. The van der Waals surface area contributed by atoms with Crippen molar-refractivity contribution < 1.29 is 18.4 Å². The molecule has 0 radical (unpaired) electrons. The Labute approximate surface area is 185 Å². The van der Waals surface area contributed by atoms with E-state index in [1.54, 1.807) is 35.4 Å². The van der Waals surface area contributed by atoms with Crippen LogP contribution in [0.3, 0.4) is 0 Å². The lowest BCUT2D eigenvalue weighted by Gasteiger charge is -2.26.